The monoisotopic (exact) mass is 788 g/mol. The molecule has 1 aliphatic carbocycles. The maximum atomic E-state index is 7.18. The molecule has 2 heterocycles. The molecule has 11 aromatic rings. The predicted molar refractivity (Wildman–Crippen MR) is 254 cm³/mol. The molecule has 0 fully saturated rings. The quantitative estimate of drug-likeness (QED) is 0.167. The van der Waals surface area contributed by atoms with Crippen LogP contribution in [-0.4, -0.2) is 9.97 Å². The van der Waals surface area contributed by atoms with Crippen molar-refractivity contribution in [2.24, 2.45) is 0 Å². The van der Waals surface area contributed by atoms with Crippen molar-refractivity contribution in [2.75, 3.05) is 0 Å². The number of rotatable bonds is 4. The lowest BCUT2D eigenvalue weighted by Gasteiger charge is -2.40. The molecule has 13 rings (SSSR count). The molecular weight excluding hydrogens is 753 g/mol. The number of ether oxygens (including phenoxy) is 1. The lowest BCUT2D eigenvalue weighted by molar-refractivity contribution is 0.438. The molecule has 0 radical (unpaired) electrons. The maximum Gasteiger partial charge on any atom is 0.164 e. The summed E-state index contributed by atoms with van der Waals surface area (Å²) in [7, 11) is 0. The highest BCUT2D eigenvalue weighted by atomic mass is 16.5. The van der Waals surface area contributed by atoms with Crippen LogP contribution in [0.5, 0.6) is 11.5 Å². The number of aromatic nitrogens is 2. The Bertz CT molecular complexity index is 3610. The molecule has 1 unspecified atom stereocenters. The number of fused-ring (bicyclic) bond motifs is 15. The average molecular weight is 789 g/mol. The maximum absolute atomic E-state index is 7.18. The third kappa shape index (κ3) is 5.00. The van der Waals surface area contributed by atoms with E-state index in [0.29, 0.717) is 5.82 Å². The van der Waals surface area contributed by atoms with Gasteiger partial charge in [-0.2, -0.15) is 0 Å². The van der Waals surface area contributed by atoms with E-state index in [1.807, 2.05) is 6.07 Å². The molecule has 3 nitrogen and oxygen atoms in total. The van der Waals surface area contributed by atoms with E-state index in [9.17, 15) is 0 Å². The molecule has 3 heteroatoms. The Labute approximate surface area is 359 Å². The van der Waals surface area contributed by atoms with Gasteiger partial charge in [-0.05, 0) is 102 Å². The van der Waals surface area contributed by atoms with Gasteiger partial charge in [-0.15, -0.1) is 0 Å². The van der Waals surface area contributed by atoms with Gasteiger partial charge in [0.05, 0.1) is 22.4 Å². The summed E-state index contributed by atoms with van der Waals surface area (Å²) in [5.74, 6) is 2.21. The zero-order valence-electron chi connectivity index (χ0n) is 33.6. The van der Waals surface area contributed by atoms with E-state index in [2.05, 4.69) is 212 Å². The van der Waals surface area contributed by atoms with Crippen molar-refractivity contribution in [1.29, 1.82) is 0 Å². The third-order valence-electron chi connectivity index (χ3n) is 13.1. The highest BCUT2D eigenvalue weighted by Crippen LogP contribution is 2.64. The minimum absolute atomic E-state index is 0.611. The van der Waals surface area contributed by atoms with Gasteiger partial charge in [-0.1, -0.05) is 182 Å². The molecule has 62 heavy (non-hydrogen) atoms. The van der Waals surface area contributed by atoms with Gasteiger partial charge >= 0.3 is 0 Å². The van der Waals surface area contributed by atoms with Crippen LogP contribution in [0, 0.1) is 0 Å². The van der Waals surface area contributed by atoms with Gasteiger partial charge in [0.2, 0.25) is 0 Å². The lowest BCUT2D eigenvalue weighted by Crippen LogP contribution is -2.32. The Balaban J connectivity index is 1.10. The highest BCUT2D eigenvalue weighted by Gasteiger charge is 2.52. The van der Waals surface area contributed by atoms with Crippen molar-refractivity contribution in [3.05, 3.63) is 241 Å². The number of hydrogen-bond donors (Lipinski definition) is 0. The van der Waals surface area contributed by atoms with Crippen molar-refractivity contribution in [3.8, 4) is 67.7 Å². The standard InChI is InChI=1S/C59H36N2O/c1-3-17-37(18-4-1)39-21-15-22-40(33-39)55-36-54(38-19-5-2-6-20-38)60-58(61-55)46-28-16-31-52-57(46)62-56-32-14-13-30-51(56)59(52)50-29-12-11-27-45(50)49-34-47-43-25-9-7-23-41(43)42-24-8-10-26-44(42)48(47)35-53(49)59/h1-36H. The van der Waals surface area contributed by atoms with E-state index in [0.717, 1.165) is 61.8 Å². The van der Waals surface area contributed by atoms with Gasteiger partial charge in [-0.3, -0.25) is 0 Å². The van der Waals surface area contributed by atoms with Crippen molar-refractivity contribution < 1.29 is 4.74 Å². The van der Waals surface area contributed by atoms with E-state index in [1.165, 1.54) is 54.6 Å². The summed E-state index contributed by atoms with van der Waals surface area (Å²) in [6.07, 6.45) is 0. The normalized spacial score (nSPS) is 14.6. The summed E-state index contributed by atoms with van der Waals surface area (Å²) in [6, 6.07) is 78.4. The van der Waals surface area contributed by atoms with E-state index < -0.39 is 5.41 Å². The first-order chi connectivity index (χ1) is 30.7. The summed E-state index contributed by atoms with van der Waals surface area (Å²) < 4.78 is 7.18. The van der Waals surface area contributed by atoms with Gasteiger partial charge in [0.25, 0.3) is 0 Å². The van der Waals surface area contributed by atoms with E-state index in [4.69, 9.17) is 14.7 Å². The smallest absolute Gasteiger partial charge is 0.164 e. The van der Waals surface area contributed by atoms with Gasteiger partial charge in [0.1, 0.15) is 11.5 Å². The molecular formula is C59H36N2O. The van der Waals surface area contributed by atoms with Crippen LogP contribution in [0.15, 0.2) is 218 Å². The highest BCUT2D eigenvalue weighted by molar-refractivity contribution is 6.26. The zero-order valence-corrected chi connectivity index (χ0v) is 33.6. The summed E-state index contributed by atoms with van der Waals surface area (Å²) in [6.45, 7) is 0. The van der Waals surface area contributed by atoms with Gasteiger partial charge in [0.15, 0.2) is 5.82 Å². The van der Waals surface area contributed by atoms with E-state index >= 15 is 0 Å². The Morgan fingerprint density at radius 3 is 1.56 bits per heavy atom. The molecule has 1 aliphatic heterocycles. The van der Waals surface area contributed by atoms with Crippen LogP contribution in [0.4, 0.5) is 0 Å². The molecule has 0 saturated carbocycles. The zero-order chi connectivity index (χ0) is 40.8. The van der Waals surface area contributed by atoms with Crippen LogP contribution in [-0.2, 0) is 5.41 Å². The van der Waals surface area contributed by atoms with Gasteiger partial charge < -0.3 is 4.74 Å². The van der Waals surface area contributed by atoms with E-state index in [1.54, 1.807) is 0 Å². The SMILES string of the molecule is c1ccc(-c2cccc(-c3cc(-c4ccccc4)nc(-c4cccc5c4Oc4ccccc4C54c5ccccc5-c5cc6c7ccccc7c7ccccc7c6cc54)n3)c2)cc1. The predicted octanol–water partition coefficient (Wildman–Crippen LogP) is 15.1. The summed E-state index contributed by atoms with van der Waals surface area (Å²) >= 11 is 0. The Hall–Kier alpha value is -8.14. The number of hydrogen-bond acceptors (Lipinski definition) is 3. The molecule has 2 aliphatic rings. The van der Waals surface area contributed by atoms with Crippen molar-refractivity contribution >= 4 is 32.3 Å². The number of para-hydroxylation sites is 2. The Morgan fingerprint density at radius 2 is 0.823 bits per heavy atom. The van der Waals surface area contributed by atoms with Crippen LogP contribution >= 0.6 is 0 Å². The average Bonchev–Trinajstić information content (AvgIpc) is 3.63. The fourth-order valence-electron chi connectivity index (χ4n) is 10.5. The Morgan fingerprint density at radius 1 is 0.306 bits per heavy atom. The lowest BCUT2D eigenvalue weighted by atomic mass is 9.65. The van der Waals surface area contributed by atoms with Crippen LogP contribution in [0.1, 0.15) is 22.3 Å². The molecule has 1 aromatic heterocycles. The van der Waals surface area contributed by atoms with E-state index in [-0.39, 0.29) is 0 Å². The topological polar surface area (TPSA) is 35.0 Å². The number of benzene rings is 10. The second-order valence-corrected chi connectivity index (χ2v) is 16.4. The molecule has 0 amide bonds. The second-order valence-electron chi connectivity index (χ2n) is 16.4. The fourth-order valence-corrected chi connectivity index (χ4v) is 10.5. The largest absolute Gasteiger partial charge is 0.456 e. The van der Waals surface area contributed by atoms with Crippen molar-refractivity contribution in [1.82, 2.24) is 9.97 Å². The molecule has 0 saturated heterocycles. The first-order valence-corrected chi connectivity index (χ1v) is 21.2. The van der Waals surface area contributed by atoms with Crippen molar-refractivity contribution in [3.63, 3.8) is 0 Å². The first-order valence-electron chi connectivity index (χ1n) is 21.2. The Kier molecular flexibility index (Phi) is 7.52. The fraction of sp³-hybridized carbons (Fsp3) is 0.0169. The van der Waals surface area contributed by atoms with Crippen LogP contribution in [0.2, 0.25) is 0 Å². The summed E-state index contributed by atoms with van der Waals surface area (Å²) in [5, 5.41) is 7.54. The molecule has 288 valence electrons. The molecule has 1 spiro atoms. The molecule has 0 N–H and O–H groups in total. The van der Waals surface area contributed by atoms with Gasteiger partial charge in [-0.25, -0.2) is 9.97 Å². The first kappa shape index (κ1) is 34.7. The van der Waals surface area contributed by atoms with Crippen LogP contribution in [0.3, 0.4) is 0 Å². The molecule has 0 bridgehead atoms. The second kappa shape index (κ2) is 13.4. The number of nitrogens with zero attached hydrogens (tertiary/aromatic N) is 2. The minimum atomic E-state index is -0.684. The third-order valence-corrected chi connectivity index (χ3v) is 13.1. The molecule has 10 aromatic carbocycles. The van der Waals surface area contributed by atoms with Crippen LogP contribution in [0.25, 0.3) is 88.5 Å². The summed E-state index contributed by atoms with van der Waals surface area (Å²) in [4.78, 5) is 10.8. The van der Waals surface area contributed by atoms with Gasteiger partial charge in [0, 0.05) is 22.3 Å². The summed E-state index contributed by atoms with van der Waals surface area (Å²) in [5.41, 5.74) is 13.4. The van der Waals surface area contributed by atoms with Crippen LogP contribution < -0.4 is 4.74 Å². The minimum Gasteiger partial charge on any atom is -0.456 e. The molecule has 1 atom stereocenters. The van der Waals surface area contributed by atoms with Crippen molar-refractivity contribution in [2.45, 2.75) is 5.41 Å².